The van der Waals surface area contributed by atoms with Gasteiger partial charge in [-0.05, 0) is 33.3 Å². The van der Waals surface area contributed by atoms with Gasteiger partial charge in [-0.2, -0.15) is 0 Å². The van der Waals surface area contributed by atoms with E-state index in [9.17, 15) is 9.59 Å². The molecule has 0 fully saturated rings. The summed E-state index contributed by atoms with van der Waals surface area (Å²) in [7, 11) is 0. The number of carbonyl (C=O) groups is 2. The van der Waals surface area contributed by atoms with Crippen LogP contribution in [0.1, 0.15) is 54.0 Å². The van der Waals surface area contributed by atoms with Crippen LogP contribution in [0.5, 0.6) is 0 Å². The number of nitrogens with one attached hydrogen (secondary N) is 1. The summed E-state index contributed by atoms with van der Waals surface area (Å²) in [5.74, 6) is -0.433. The van der Waals surface area contributed by atoms with Crippen molar-refractivity contribution < 1.29 is 19.1 Å². The largest absolute Gasteiger partial charge is 0.457 e. The van der Waals surface area contributed by atoms with Crippen LogP contribution in [0.25, 0.3) is 0 Å². The maximum Gasteiger partial charge on any atom is 0.408 e. The normalized spacial score (nSPS) is 12.3. The van der Waals surface area contributed by atoms with Crippen LogP contribution in [0.2, 0.25) is 0 Å². The summed E-state index contributed by atoms with van der Waals surface area (Å²) in [6.45, 7) is 7.37. The molecule has 0 saturated carbocycles. The van der Waals surface area contributed by atoms with Crippen LogP contribution in [0, 0.1) is 0 Å². The Morgan fingerprint density at radius 1 is 1.24 bits per heavy atom. The number of alkyl carbamates (subject to hydrolysis) is 1. The Kier molecular flexibility index (Phi) is 6.14. The Morgan fingerprint density at radius 3 is 2.56 bits per heavy atom. The molecule has 25 heavy (non-hydrogen) atoms. The molecule has 0 radical (unpaired) electrons. The van der Waals surface area contributed by atoms with Gasteiger partial charge in [0.15, 0.2) is 0 Å². The minimum Gasteiger partial charge on any atom is -0.457 e. The van der Waals surface area contributed by atoms with Crippen molar-refractivity contribution in [2.45, 2.75) is 45.9 Å². The minimum atomic E-state index is -0.570. The van der Waals surface area contributed by atoms with Crippen molar-refractivity contribution in [1.29, 1.82) is 0 Å². The SMILES string of the molecule is CC(NC(=O)OC(C)(C)C)c1ncc(C(=O)OCc2ccccc2)s1. The number of thiazole rings is 1. The lowest BCUT2D eigenvalue weighted by molar-refractivity contribution is 0.0475. The highest BCUT2D eigenvalue weighted by Crippen LogP contribution is 2.21. The number of ether oxygens (including phenoxy) is 2. The van der Waals surface area contributed by atoms with Crippen molar-refractivity contribution in [2.75, 3.05) is 0 Å². The number of carbonyl (C=O) groups excluding carboxylic acids is 2. The molecule has 1 atom stereocenters. The van der Waals surface area contributed by atoms with E-state index >= 15 is 0 Å². The van der Waals surface area contributed by atoms with Gasteiger partial charge < -0.3 is 14.8 Å². The van der Waals surface area contributed by atoms with E-state index in [-0.39, 0.29) is 12.6 Å². The summed E-state index contributed by atoms with van der Waals surface area (Å²) in [5, 5.41) is 3.31. The van der Waals surface area contributed by atoms with Crippen LogP contribution in [0.4, 0.5) is 4.79 Å². The van der Waals surface area contributed by atoms with Gasteiger partial charge in [-0.1, -0.05) is 30.3 Å². The molecular weight excluding hydrogens is 340 g/mol. The van der Waals surface area contributed by atoms with Gasteiger partial charge in [0.25, 0.3) is 0 Å². The molecule has 1 heterocycles. The van der Waals surface area contributed by atoms with Gasteiger partial charge in [0.2, 0.25) is 0 Å². The first-order valence-electron chi connectivity index (χ1n) is 7.91. The number of amides is 1. The quantitative estimate of drug-likeness (QED) is 0.811. The molecule has 134 valence electrons. The predicted molar refractivity (Wildman–Crippen MR) is 95.5 cm³/mol. The van der Waals surface area contributed by atoms with Crippen molar-refractivity contribution in [2.24, 2.45) is 0 Å². The molecule has 1 aromatic heterocycles. The molecular formula is C18H22N2O4S. The van der Waals surface area contributed by atoms with E-state index < -0.39 is 17.7 Å². The minimum absolute atomic E-state index is 0.207. The summed E-state index contributed by atoms with van der Waals surface area (Å²) in [6, 6.07) is 9.09. The van der Waals surface area contributed by atoms with Gasteiger partial charge in [0.05, 0.1) is 12.2 Å². The first kappa shape index (κ1) is 18.9. The second kappa shape index (κ2) is 8.11. The molecule has 1 aromatic carbocycles. The van der Waals surface area contributed by atoms with E-state index in [1.165, 1.54) is 17.5 Å². The predicted octanol–water partition coefficient (Wildman–Crippen LogP) is 4.09. The molecule has 2 aromatic rings. The van der Waals surface area contributed by atoms with E-state index in [0.29, 0.717) is 9.88 Å². The molecule has 1 amide bonds. The third-order valence-corrected chi connectivity index (χ3v) is 4.20. The van der Waals surface area contributed by atoms with Gasteiger partial charge in [-0.15, -0.1) is 11.3 Å². The second-order valence-electron chi connectivity index (χ2n) is 6.49. The number of esters is 1. The van der Waals surface area contributed by atoms with Gasteiger partial charge in [0, 0.05) is 0 Å². The van der Waals surface area contributed by atoms with Crippen molar-refractivity contribution in [3.05, 3.63) is 52.0 Å². The first-order chi connectivity index (χ1) is 11.7. The topological polar surface area (TPSA) is 77.5 Å². The third-order valence-electron chi connectivity index (χ3n) is 3.04. The molecule has 0 aliphatic carbocycles. The Morgan fingerprint density at radius 2 is 1.92 bits per heavy atom. The average Bonchev–Trinajstić information content (AvgIpc) is 3.02. The Hall–Kier alpha value is -2.41. The zero-order valence-corrected chi connectivity index (χ0v) is 15.6. The van der Waals surface area contributed by atoms with Crippen molar-refractivity contribution in [3.8, 4) is 0 Å². The van der Waals surface area contributed by atoms with E-state index in [1.807, 2.05) is 30.3 Å². The van der Waals surface area contributed by atoms with E-state index in [4.69, 9.17) is 9.47 Å². The number of aromatic nitrogens is 1. The highest BCUT2D eigenvalue weighted by atomic mass is 32.1. The van der Waals surface area contributed by atoms with Gasteiger partial charge in [-0.3, -0.25) is 0 Å². The summed E-state index contributed by atoms with van der Waals surface area (Å²) >= 11 is 1.19. The monoisotopic (exact) mass is 362 g/mol. The van der Waals surface area contributed by atoms with Crippen LogP contribution < -0.4 is 5.32 Å². The van der Waals surface area contributed by atoms with Crippen LogP contribution in [-0.4, -0.2) is 22.6 Å². The molecule has 7 heteroatoms. The smallest absolute Gasteiger partial charge is 0.408 e. The molecule has 0 aliphatic heterocycles. The highest BCUT2D eigenvalue weighted by Gasteiger charge is 2.21. The number of nitrogens with zero attached hydrogens (tertiary/aromatic N) is 1. The Labute approximate surface area is 151 Å². The second-order valence-corrected chi connectivity index (χ2v) is 7.55. The number of hydrogen-bond acceptors (Lipinski definition) is 6. The molecule has 6 nitrogen and oxygen atoms in total. The molecule has 0 spiro atoms. The van der Waals surface area contributed by atoms with Crippen LogP contribution in [0.15, 0.2) is 36.5 Å². The molecule has 0 aliphatic rings. The molecule has 1 N–H and O–H groups in total. The van der Waals surface area contributed by atoms with Crippen molar-refractivity contribution in [1.82, 2.24) is 10.3 Å². The van der Waals surface area contributed by atoms with Crippen LogP contribution in [0.3, 0.4) is 0 Å². The van der Waals surface area contributed by atoms with Crippen molar-refractivity contribution >= 4 is 23.4 Å². The summed E-state index contributed by atoms with van der Waals surface area (Å²) < 4.78 is 10.5. The lowest BCUT2D eigenvalue weighted by Crippen LogP contribution is -2.33. The van der Waals surface area contributed by atoms with E-state index in [2.05, 4.69) is 10.3 Å². The molecule has 2 rings (SSSR count). The van der Waals surface area contributed by atoms with E-state index in [1.54, 1.807) is 27.7 Å². The third kappa shape index (κ3) is 6.19. The van der Waals surface area contributed by atoms with Crippen molar-refractivity contribution in [3.63, 3.8) is 0 Å². The standard InChI is InChI=1S/C18H22N2O4S/c1-12(20-17(22)24-18(2,3)4)15-19-10-14(25-15)16(21)23-11-13-8-6-5-7-9-13/h5-10,12H,11H2,1-4H3,(H,20,22). The number of rotatable bonds is 5. The fraction of sp³-hybridized carbons (Fsp3) is 0.389. The summed E-state index contributed by atoms with van der Waals surface area (Å²) in [5.41, 5.74) is 0.347. The fourth-order valence-electron chi connectivity index (χ4n) is 1.92. The van der Waals surface area contributed by atoms with Gasteiger partial charge in [-0.25, -0.2) is 14.6 Å². The summed E-state index contributed by atoms with van der Waals surface area (Å²) in [6.07, 6.45) is 0.934. The maximum atomic E-state index is 12.1. The van der Waals surface area contributed by atoms with Gasteiger partial charge >= 0.3 is 12.1 Å². The average molecular weight is 362 g/mol. The number of hydrogen-bond donors (Lipinski definition) is 1. The first-order valence-corrected chi connectivity index (χ1v) is 8.72. The Bertz CT molecular complexity index is 722. The van der Waals surface area contributed by atoms with Gasteiger partial charge in [0.1, 0.15) is 22.1 Å². The zero-order valence-electron chi connectivity index (χ0n) is 14.7. The summed E-state index contributed by atoms with van der Waals surface area (Å²) in [4.78, 5) is 28.5. The number of benzene rings is 1. The zero-order chi connectivity index (χ0) is 18.4. The lowest BCUT2D eigenvalue weighted by Gasteiger charge is -2.21. The molecule has 1 unspecified atom stereocenters. The maximum absolute atomic E-state index is 12.1. The molecule has 0 saturated heterocycles. The Balaban J connectivity index is 1.90. The molecule has 0 bridgehead atoms. The van der Waals surface area contributed by atoms with Crippen LogP contribution >= 0.6 is 11.3 Å². The fourth-order valence-corrected chi connectivity index (χ4v) is 2.74. The van der Waals surface area contributed by atoms with E-state index in [0.717, 1.165) is 5.56 Å². The lowest BCUT2D eigenvalue weighted by atomic mass is 10.2. The highest BCUT2D eigenvalue weighted by molar-refractivity contribution is 7.13. The van der Waals surface area contributed by atoms with Crippen LogP contribution in [-0.2, 0) is 16.1 Å².